The second-order valence-corrected chi connectivity index (χ2v) is 7.58. The van der Waals surface area contributed by atoms with Gasteiger partial charge in [-0.1, -0.05) is 0 Å². The van der Waals surface area contributed by atoms with Crippen LogP contribution in [-0.2, 0) is 14.8 Å². The quantitative estimate of drug-likeness (QED) is 0.764. The van der Waals surface area contributed by atoms with Crippen molar-refractivity contribution in [1.82, 2.24) is 4.31 Å². The summed E-state index contributed by atoms with van der Waals surface area (Å²) >= 11 is 0. The third kappa shape index (κ3) is 3.48. The molecule has 2 N–H and O–H groups in total. The summed E-state index contributed by atoms with van der Waals surface area (Å²) in [5.41, 5.74) is 7.42. The maximum atomic E-state index is 12.3. The predicted molar refractivity (Wildman–Crippen MR) is 84.0 cm³/mol. The highest BCUT2D eigenvalue weighted by Gasteiger charge is 2.31. The fourth-order valence-corrected chi connectivity index (χ4v) is 3.14. The fraction of sp³-hybridized carbons (Fsp3) is 0.571. The molecule has 0 spiro atoms. The van der Waals surface area contributed by atoms with Gasteiger partial charge in [-0.25, -0.2) is 12.7 Å². The minimum atomic E-state index is -3.46. The highest BCUT2D eigenvalue weighted by Crippen LogP contribution is 2.36. The summed E-state index contributed by atoms with van der Waals surface area (Å²) in [6.45, 7) is 1.29. The molecule has 0 heterocycles. The third-order valence-corrected chi connectivity index (χ3v) is 5.42. The molecule has 1 aliphatic carbocycles. The van der Waals surface area contributed by atoms with Gasteiger partial charge in [0.05, 0.1) is 22.9 Å². The van der Waals surface area contributed by atoms with Crippen molar-refractivity contribution in [3.8, 4) is 0 Å². The van der Waals surface area contributed by atoms with E-state index in [0.29, 0.717) is 24.9 Å². The summed E-state index contributed by atoms with van der Waals surface area (Å²) in [5, 5.41) is 0. The summed E-state index contributed by atoms with van der Waals surface area (Å²) in [5.74, 6) is 0. The van der Waals surface area contributed by atoms with Gasteiger partial charge in [-0.05, 0) is 31.0 Å². The zero-order chi connectivity index (χ0) is 15.6. The van der Waals surface area contributed by atoms with Gasteiger partial charge in [0.15, 0.2) is 0 Å². The van der Waals surface area contributed by atoms with Crippen LogP contribution in [0.4, 0.5) is 11.4 Å². The number of hydrogen-bond acceptors (Lipinski definition) is 5. The normalized spacial score (nSPS) is 15.4. The molecule has 1 fully saturated rings. The Bertz CT molecular complexity index is 597. The Hall–Kier alpha value is -1.31. The van der Waals surface area contributed by atoms with Gasteiger partial charge in [0.1, 0.15) is 0 Å². The molecule has 6 nitrogen and oxygen atoms in total. The molecule has 1 aromatic rings. The summed E-state index contributed by atoms with van der Waals surface area (Å²) in [4.78, 5) is 2.41. The standard InChI is InChI=1S/C14H23N3O3S/c1-16(2)21(18,19)12-6-7-13(15)14(10-12)17(8-9-20-3)11-4-5-11/h6-7,10-11H,4-5,8-9,15H2,1-3H3. The summed E-state index contributed by atoms with van der Waals surface area (Å²) in [7, 11) is 1.24. The molecule has 0 unspecified atom stereocenters. The Morgan fingerprint density at radius 1 is 1.33 bits per heavy atom. The van der Waals surface area contributed by atoms with Crippen LogP contribution in [-0.4, -0.2) is 53.1 Å². The minimum Gasteiger partial charge on any atom is -0.397 e. The van der Waals surface area contributed by atoms with E-state index in [1.807, 2.05) is 0 Å². The number of hydrogen-bond donors (Lipinski definition) is 1. The number of sulfonamides is 1. The number of ether oxygens (including phenoxy) is 1. The molecule has 0 saturated heterocycles. The van der Waals surface area contributed by atoms with Crippen LogP contribution < -0.4 is 10.6 Å². The van der Waals surface area contributed by atoms with Gasteiger partial charge >= 0.3 is 0 Å². The molecule has 7 heteroatoms. The smallest absolute Gasteiger partial charge is 0.242 e. The zero-order valence-electron chi connectivity index (χ0n) is 12.7. The molecule has 0 bridgehead atoms. The maximum Gasteiger partial charge on any atom is 0.242 e. The van der Waals surface area contributed by atoms with Gasteiger partial charge in [-0.2, -0.15) is 0 Å². The van der Waals surface area contributed by atoms with E-state index in [4.69, 9.17) is 10.5 Å². The lowest BCUT2D eigenvalue weighted by atomic mass is 10.2. The van der Waals surface area contributed by atoms with E-state index < -0.39 is 10.0 Å². The summed E-state index contributed by atoms with van der Waals surface area (Å²) in [6.07, 6.45) is 2.21. The molecular weight excluding hydrogens is 290 g/mol. The highest BCUT2D eigenvalue weighted by atomic mass is 32.2. The molecule has 0 amide bonds. The minimum absolute atomic E-state index is 0.264. The Balaban J connectivity index is 2.38. The lowest BCUT2D eigenvalue weighted by molar-refractivity contribution is 0.205. The number of nitrogen functional groups attached to an aromatic ring is 1. The van der Waals surface area contributed by atoms with Crippen molar-refractivity contribution in [2.75, 3.05) is 45.0 Å². The van der Waals surface area contributed by atoms with Crippen LogP contribution in [0.5, 0.6) is 0 Å². The van der Waals surface area contributed by atoms with Crippen LogP contribution in [0.2, 0.25) is 0 Å². The molecule has 0 aliphatic heterocycles. The lowest BCUT2D eigenvalue weighted by Gasteiger charge is -2.26. The Morgan fingerprint density at radius 2 is 2.00 bits per heavy atom. The topological polar surface area (TPSA) is 75.9 Å². The van der Waals surface area contributed by atoms with Gasteiger partial charge in [0.2, 0.25) is 10.0 Å². The van der Waals surface area contributed by atoms with Crippen molar-refractivity contribution < 1.29 is 13.2 Å². The lowest BCUT2D eigenvalue weighted by Crippen LogP contribution is -2.30. The second-order valence-electron chi connectivity index (χ2n) is 5.43. The molecule has 0 atom stereocenters. The van der Waals surface area contributed by atoms with E-state index in [9.17, 15) is 8.42 Å². The van der Waals surface area contributed by atoms with E-state index in [1.54, 1.807) is 25.3 Å². The van der Waals surface area contributed by atoms with Crippen molar-refractivity contribution in [2.45, 2.75) is 23.8 Å². The van der Waals surface area contributed by atoms with E-state index >= 15 is 0 Å². The Kier molecular flexibility index (Phi) is 4.75. The number of nitrogens with zero attached hydrogens (tertiary/aromatic N) is 2. The first-order valence-electron chi connectivity index (χ1n) is 6.95. The molecule has 118 valence electrons. The number of methoxy groups -OCH3 is 1. The summed E-state index contributed by atoms with van der Waals surface area (Å²) < 4.78 is 30.9. The molecule has 0 radical (unpaired) electrons. The van der Waals surface area contributed by atoms with Gasteiger partial charge in [0.25, 0.3) is 0 Å². The fourth-order valence-electron chi connectivity index (χ4n) is 2.22. The van der Waals surface area contributed by atoms with Crippen molar-refractivity contribution in [3.05, 3.63) is 18.2 Å². The molecule has 1 aromatic carbocycles. The van der Waals surface area contributed by atoms with Gasteiger partial charge in [-0.15, -0.1) is 0 Å². The average Bonchev–Trinajstić information content (AvgIpc) is 3.25. The van der Waals surface area contributed by atoms with Crippen molar-refractivity contribution in [3.63, 3.8) is 0 Å². The monoisotopic (exact) mass is 313 g/mol. The van der Waals surface area contributed by atoms with Crippen molar-refractivity contribution in [2.24, 2.45) is 0 Å². The van der Waals surface area contributed by atoms with E-state index in [-0.39, 0.29) is 4.90 Å². The number of benzene rings is 1. The largest absolute Gasteiger partial charge is 0.397 e. The van der Waals surface area contributed by atoms with Crippen LogP contribution in [0.1, 0.15) is 12.8 Å². The zero-order valence-corrected chi connectivity index (χ0v) is 13.6. The van der Waals surface area contributed by atoms with Gasteiger partial charge in [0, 0.05) is 33.8 Å². The van der Waals surface area contributed by atoms with Crippen LogP contribution in [0.25, 0.3) is 0 Å². The maximum absolute atomic E-state index is 12.3. The first-order chi connectivity index (χ1) is 9.87. The average molecular weight is 313 g/mol. The first-order valence-corrected chi connectivity index (χ1v) is 8.39. The van der Waals surface area contributed by atoms with Crippen molar-refractivity contribution >= 4 is 21.4 Å². The summed E-state index contributed by atoms with van der Waals surface area (Å²) in [6, 6.07) is 5.31. The molecule has 1 aliphatic rings. The molecule has 0 aromatic heterocycles. The molecule has 21 heavy (non-hydrogen) atoms. The predicted octanol–water partition coefficient (Wildman–Crippen LogP) is 1.13. The van der Waals surface area contributed by atoms with Crippen LogP contribution >= 0.6 is 0 Å². The van der Waals surface area contributed by atoms with Gasteiger partial charge in [-0.3, -0.25) is 0 Å². The number of anilines is 2. The third-order valence-electron chi connectivity index (χ3n) is 3.61. The Labute approximate surface area is 126 Å². The van der Waals surface area contributed by atoms with E-state index in [1.165, 1.54) is 18.4 Å². The molecule has 2 rings (SSSR count). The first kappa shape index (κ1) is 16.1. The second kappa shape index (κ2) is 6.21. The van der Waals surface area contributed by atoms with E-state index in [2.05, 4.69) is 4.90 Å². The van der Waals surface area contributed by atoms with Crippen LogP contribution in [0, 0.1) is 0 Å². The number of rotatable bonds is 7. The van der Waals surface area contributed by atoms with Crippen LogP contribution in [0.3, 0.4) is 0 Å². The molecular formula is C14H23N3O3S. The van der Waals surface area contributed by atoms with E-state index in [0.717, 1.165) is 18.5 Å². The number of nitrogens with two attached hydrogens (primary N) is 1. The van der Waals surface area contributed by atoms with Gasteiger partial charge < -0.3 is 15.4 Å². The molecule has 1 saturated carbocycles. The van der Waals surface area contributed by atoms with Crippen molar-refractivity contribution in [1.29, 1.82) is 0 Å². The Morgan fingerprint density at radius 3 is 2.52 bits per heavy atom. The van der Waals surface area contributed by atoms with Crippen LogP contribution in [0.15, 0.2) is 23.1 Å². The highest BCUT2D eigenvalue weighted by molar-refractivity contribution is 7.89. The SMILES string of the molecule is COCCN(c1cc(S(=O)(=O)N(C)C)ccc1N)C1CC1.